The molecule has 0 heterocycles. The Balaban J connectivity index is 0.00000133. The summed E-state index contributed by atoms with van der Waals surface area (Å²) in [7, 11) is -2.42. The first kappa shape index (κ1) is 34.1. The topological polar surface area (TPSA) is 0 Å². The van der Waals surface area contributed by atoms with E-state index in [1.54, 1.807) is 15.6 Å². The number of hydrogen-bond acceptors (Lipinski definition) is 0. The molecule has 0 spiro atoms. The molecule has 5 atom stereocenters. The van der Waals surface area contributed by atoms with Crippen LogP contribution < -0.4 is 52.8 Å². The second-order valence-electron chi connectivity index (χ2n) is 11.3. The summed E-state index contributed by atoms with van der Waals surface area (Å²) in [5, 5.41) is 4.75. The van der Waals surface area contributed by atoms with Crippen LogP contribution in [0.4, 0.5) is 0 Å². The fourth-order valence-electron chi connectivity index (χ4n) is 7.90. The quantitative estimate of drug-likeness (QED) is 0.170. The second-order valence-corrected chi connectivity index (χ2v) is 15.3. The van der Waals surface area contributed by atoms with E-state index >= 15 is 0 Å². The zero-order valence-electron chi connectivity index (χ0n) is 23.0. The Morgan fingerprint density at radius 1 is 0.667 bits per heavy atom. The van der Waals surface area contributed by atoms with E-state index in [2.05, 4.69) is 124 Å². The standard InChI is InChI=1S/C34H37Si.3ClH.Ti/c1-24-11-8-14-27(21-24)35(28-15-9-12-25(2)22-28,29-16-10-13-26(3)23-29)34-32-19-6-4-17-30(32)31-18-5-7-20-33(31)34;;;;/h4,6,8-17,19-23,30-34H,5,7,18H2,1-3H3;3*1H;/q-1;;;;+4/p-3. The van der Waals surface area contributed by atoms with Crippen LogP contribution in [0.3, 0.4) is 0 Å². The third-order valence-corrected chi connectivity index (χ3v) is 14.6. The van der Waals surface area contributed by atoms with E-state index in [1.807, 2.05) is 0 Å². The summed E-state index contributed by atoms with van der Waals surface area (Å²) in [6.45, 7) is 6.81. The molecule has 39 heavy (non-hydrogen) atoms. The molecule has 0 N–H and O–H groups in total. The van der Waals surface area contributed by atoms with Gasteiger partial charge >= 0.3 is 21.7 Å². The molecule has 5 unspecified atom stereocenters. The van der Waals surface area contributed by atoms with E-state index in [9.17, 15) is 0 Å². The van der Waals surface area contributed by atoms with E-state index in [0.717, 1.165) is 5.92 Å². The first-order valence-electron chi connectivity index (χ1n) is 13.5. The average molecular weight is 628 g/mol. The van der Waals surface area contributed by atoms with Gasteiger partial charge in [-0.15, -0.1) is 0 Å². The first-order valence-corrected chi connectivity index (χ1v) is 15.6. The number of fused-ring (bicyclic) bond motifs is 3. The zero-order valence-corrected chi connectivity index (χ0v) is 27.8. The van der Waals surface area contributed by atoms with Crippen LogP contribution in [0.5, 0.6) is 0 Å². The van der Waals surface area contributed by atoms with Crippen LogP contribution in [-0.4, -0.2) is 8.07 Å². The molecule has 2 fully saturated rings. The Morgan fingerprint density at radius 3 is 1.59 bits per heavy atom. The molecule has 0 bridgehead atoms. The van der Waals surface area contributed by atoms with Crippen molar-refractivity contribution in [3.8, 4) is 0 Å². The van der Waals surface area contributed by atoms with Gasteiger partial charge in [-0.3, -0.25) is 0 Å². The van der Waals surface area contributed by atoms with E-state index in [0.29, 0.717) is 23.3 Å². The van der Waals surface area contributed by atoms with Gasteiger partial charge in [0.15, 0.2) is 0 Å². The van der Waals surface area contributed by atoms with Crippen molar-refractivity contribution < 1.29 is 58.9 Å². The molecule has 3 aromatic rings. The molecule has 2 saturated carbocycles. The average Bonchev–Trinajstić information content (AvgIpc) is 3.20. The van der Waals surface area contributed by atoms with Gasteiger partial charge in [-0.2, -0.15) is 12.3 Å². The summed E-state index contributed by atoms with van der Waals surface area (Å²) in [5.41, 5.74) is 4.73. The minimum absolute atomic E-state index is 0. The van der Waals surface area contributed by atoms with Crippen LogP contribution in [-0.2, 0) is 21.7 Å². The van der Waals surface area contributed by atoms with Crippen molar-refractivity contribution in [1.82, 2.24) is 0 Å². The van der Waals surface area contributed by atoms with E-state index in [4.69, 9.17) is 0 Å². The molecule has 6 rings (SSSR count). The van der Waals surface area contributed by atoms with Crippen molar-refractivity contribution in [2.45, 2.75) is 45.6 Å². The second kappa shape index (κ2) is 14.2. The molecule has 0 aromatic heterocycles. The predicted molar refractivity (Wildman–Crippen MR) is 152 cm³/mol. The normalized spacial score (nSPS) is 24.6. The van der Waals surface area contributed by atoms with Crippen LogP contribution in [0, 0.1) is 50.9 Å². The summed E-state index contributed by atoms with van der Waals surface area (Å²) < 4.78 is 0. The van der Waals surface area contributed by atoms with E-state index in [1.165, 1.54) is 36.0 Å². The van der Waals surface area contributed by atoms with Gasteiger partial charge < -0.3 is 43.6 Å². The van der Waals surface area contributed by atoms with Gasteiger partial charge in [0.05, 0.1) is 0 Å². The number of rotatable bonds is 4. The fourth-order valence-corrected chi connectivity index (χ4v) is 14.4. The fraction of sp³-hybridized carbons (Fsp3) is 0.324. The molecule has 0 radical (unpaired) electrons. The first-order chi connectivity index (χ1) is 17.1. The molecular weight excluding hydrogens is 591 g/mol. The van der Waals surface area contributed by atoms with Crippen LogP contribution in [0.2, 0.25) is 5.54 Å². The molecular formula is C34H37Cl3SiTi. The molecule has 3 aliphatic carbocycles. The van der Waals surface area contributed by atoms with Gasteiger partial charge in [0.25, 0.3) is 0 Å². The Morgan fingerprint density at radius 2 is 1.13 bits per heavy atom. The maximum Gasteiger partial charge on any atom is 4.00 e. The molecule has 202 valence electrons. The Hall–Kier alpha value is -1.06. The maximum atomic E-state index is 2.75. The van der Waals surface area contributed by atoms with Crippen LogP contribution >= 0.6 is 0 Å². The van der Waals surface area contributed by atoms with Crippen molar-refractivity contribution in [1.29, 1.82) is 0 Å². The van der Waals surface area contributed by atoms with Crippen molar-refractivity contribution in [2.24, 2.45) is 23.7 Å². The summed E-state index contributed by atoms with van der Waals surface area (Å²) in [5.74, 6) is 2.70. The van der Waals surface area contributed by atoms with Gasteiger partial charge in [-0.25, -0.2) is 0 Å². The van der Waals surface area contributed by atoms with Gasteiger partial charge in [-0.1, -0.05) is 138 Å². The number of allylic oxidation sites excluding steroid dienone is 4. The predicted octanol–water partition coefficient (Wildman–Crippen LogP) is -2.55. The molecule has 5 heteroatoms. The Labute approximate surface area is 270 Å². The smallest absolute Gasteiger partial charge is 1.00 e. The summed E-state index contributed by atoms with van der Waals surface area (Å²) in [6.07, 6.45) is 16.6. The van der Waals surface area contributed by atoms with Gasteiger partial charge in [0.1, 0.15) is 8.07 Å². The molecule has 3 aromatic carbocycles. The molecule has 0 nitrogen and oxygen atoms in total. The number of halogens is 3. The Bertz CT molecular complexity index is 1190. The largest absolute Gasteiger partial charge is 4.00 e. The number of hydrogen-bond donors (Lipinski definition) is 0. The third-order valence-electron chi connectivity index (χ3n) is 9.14. The van der Waals surface area contributed by atoms with E-state index in [-0.39, 0.29) is 58.9 Å². The molecule has 0 amide bonds. The molecule has 0 aliphatic heterocycles. The monoisotopic (exact) mass is 626 g/mol. The number of benzene rings is 3. The van der Waals surface area contributed by atoms with Crippen molar-refractivity contribution in [2.75, 3.05) is 0 Å². The zero-order chi connectivity index (χ0) is 24.0. The van der Waals surface area contributed by atoms with E-state index < -0.39 is 8.07 Å². The van der Waals surface area contributed by atoms with Crippen molar-refractivity contribution in [3.05, 3.63) is 120 Å². The summed E-state index contributed by atoms with van der Waals surface area (Å²) in [6, 6.07) is 28.7. The third kappa shape index (κ3) is 5.97. The Kier molecular flexibility index (Phi) is 12.4. The van der Waals surface area contributed by atoms with Crippen molar-refractivity contribution in [3.63, 3.8) is 0 Å². The van der Waals surface area contributed by atoms with Gasteiger partial charge in [0, 0.05) is 0 Å². The van der Waals surface area contributed by atoms with Crippen molar-refractivity contribution >= 4 is 23.6 Å². The van der Waals surface area contributed by atoms with Crippen LogP contribution in [0.1, 0.15) is 36.0 Å². The molecule has 3 aliphatic rings. The van der Waals surface area contributed by atoms with Gasteiger partial charge in [-0.05, 0) is 48.2 Å². The van der Waals surface area contributed by atoms with Gasteiger partial charge in [0.2, 0.25) is 0 Å². The minimum atomic E-state index is -2.42. The summed E-state index contributed by atoms with van der Waals surface area (Å²) >= 11 is 0. The number of aryl methyl sites for hydroxylation is 3. The molecule has 0 saturated heterocycles. The summed E-state index contributed by atoms with van der Waals surface area (Å²) in [4.78, 5) is 0. The maximum absolute atomic E-state index is 2.75. The van der Waals surface area contributed by atoms with Crippen LogP contribution in [0.15, 0.2) is 97.1 Å². The van der Waals surface area contributed by atoms with Crippen LogP contribution in [0.25, 0.3) is 0 Å². The SMILES string of the molecule is Cc1cccc([Si](c2cccc(C)c2)(c2cccc(C)c2)C2C3C=CC=CC3C3CCC[CH-]C32)c1.[Cl-].[Cl-].[Cl-].[Ti+4]. The minimum Gasteiger partial charge on any atom is -1.00 e.